The summed E-state index contributed by atoms with van der Waals surface area (Å²) >= 11 is 12.2. The molecule has 7 heteroatoms. The summed E-state index contributed by atoms with van der Waals surface area (Å²) in [4.78, 5) is 14.4. The van der Waals surface area contributed by atoms with E-state index in [2.05, 4.69) is 15.3 Å². The Morgan fingerprint density at radius 2 is 2.18 bits per heavy atom. The fourth-order valence-electron chi connectivity index (χ4n) is 2.69. The monoisotopic (exact) mass is 338 g/mol. The Bertz CT molecular complexity index is 701. The van der Waals surface area contributed by atoms with Crippen molar-refractivity contribution < 1.29 is 4.79 Å². The average molecular weight is 339 g/mol. The number of carbonyl (C=O) groups excluding carboxylic acids is 1. The molecule has 0 saturated carbocycles. The normalized spacial score (nSPS) is 17.8. The predicted molar refractivity (Wildman–Crippen MR) is 87.8 cm³/mol. The lowest BCUT2D eigenvalue weighted by atomic mass is 10.2. The first-order chi connectivity index (χ1) is 10.5. The lowest BCUT2D eigenvalue weighted by Gasteiger charge is -2.20. The third kappa shape index (κ3) is 3.05. The van der Waals surface area contributed by atoms with Gasteiger partial charge >= 0.3 is 0 Å². The molecule has 1 aromatic carbocycles. The maximum Gasteiger partial charge on any atom is 0.269 e. The zero-order valence-electron chi connectivity index (χ0n) is 12.1. The molecular weight excluding hydrogens is 323 g/mol. The van der Waals surface area contributed by atoms with Crippen LogP contribution in [0.15, 0.2) is 30.5 Å². The second-order valence-corrected chi connectivity index (χ2v) is 6.18. The zero-order chi connectivity index (χ0) is 15.7. The number of benzene rings is 1. The highest BCUT2D eigenvalue weighted by Gasteiger charge is 2.26. The van der Waals surface area contributed by atoms with Crippen molar-refractivity contribution in [1.82, 2.24) is 15.1 Å². The van der Waals surface area contributed by atoms with Crippen LogP contribution in [0.1, 0.15) is 16.9 Å². The van der Waals surface area contributed by atoms with Gasteiger partial charge in [0.05, 0.1) is 10.7 Å². The highest BCUT2D eigenvalue weighted by molar-refractivity contribution is 6.36. The Balaban J connectivity index is 1.65. The molecule has 1 aliphatic rings. The van der Waals surface area contributed by atoms with E-state index in [0.29, 0.717) is 15.7 Å². The molecule has 0 radical (unpaired) electrons. The van der Waals surface area contributed by atoms with Crippen molar-refractivity contribution in [2.24, 2.45) is 7.05 Å². The highest BCUT2D eigenvalue weighted by Crippen LogP contribution is 2.31. The van der Waals surface area contributed by atoms with Crippen LogP contribution in [-0.4, -0.2) is 34.8 Å². The van der Waals surface area contributed by atoms with Crippen LogP contribution in [0.3, 0.4) is 0 Å². The number of amides is 1. The predicted octanol–water partition coefficient (Wildman–Crippen LogP) is 2.74. The smallest absolute Gasteiger partial charge is 0.269 e. The largest absolute Gasteiger partial charge is 0.368 e. The molecule has 0 aliphatic carbocycles. The van der Waals surface area contributed by atoms with E-state index in [-0.39, 0.29) is 11.9 Å². The molecule has 2 heterocycles. The third-order valence-corrected chi connectivity index (χ3v) is 4.37. The first-order valence-electron chi connectivity index (χ1n) is 7.03. The van der Waals surface area contributed by atoms with Gasteiger partial charge in [-0.2, -0.15) is 5.10 Å². The van der Waals surface area contributed by atoms with Crippen LogP contribution >= 0.6 is 23.2 Å². The standard InChI is InChI=1S/C15H16Cl2N4O/c1-20-14(4-6-18-20)15(22)19-11-5-7-21(9-11)13-3-2-10(16)8-12(13)17/h2-4,6,8,11H,5,7,9H2,1H3,(H,19,22). The molecule has 1 unspecified atom stereocenters. The molecule has 3 rings (SSSR count). The van der Waals surface area contributed by atoms with Gasteiger partial charge in [-0.1, -0.05) is 23.2 Å². The Hall–Kier alpha value is -1.72. The number of aryl methyl sites for hydroxylation is 1. The topological polar surface area (TPSA) is 50.2 Å². The summed E-state index contributed by atoms with van der Waals surface area (Å²) in [6, 6.07) is 7.27. The van der Waals surface area contributed by atoms with Crippen LogP contribution in [0.5, 0.6) is 0 Å². The summed E-state index contributed by atoms with van der Waals surface area (Å²) in [5.74, 6) is -0.103. The molecule has 2 aromatic rings. The third-order valence-electron chi connectivity index (χ3n) is 3.83. The number of aromatic nitrogens is 2. The summed E-state index contributed by atoms with van der Waals surface area (Å²) in [5, 5.41) is 8.30. The van der Waals surface area contributed by atoms with Crippen LogP contribution in [0.2, 0.25) is 10.0 Å². The van der Waals surface area contributed by atoms with Gasteiger partial charge in [0, 0.05) is 37.4 Å². The zero-order valence-corrected chi connectivity index (χ0v) is 13.6. The minimum Gasteiger partial charge on any atom is -0.368 e. The van der Waals surface area contributed by atoms with Crippen LogP contribution in [0.25, 0.3) is 0 Å². The van der Waals surface area contributed by atoms with Crippen molar-refractivity contribution in [3.05, 3.63) is 46.2 Å². The van der Waals surface area contributed by atoms with Crippen molar-refractivity contribution in [2.75, 3.05) is 18.0 Å². The summed E-state index contributed by atoms with van der Waals surface area (Å²) in [5.41, 5.74) is 1.51. The van der Waals surface area contributed by atoms with Gasteiger partial charge in [0.25, 0.3) is 5.91 Å². The Morgan fingerprint density at radius 1 is 1.36 bits per heavy atom. The van der Waals surface area contributed by atoms with E-state index in [1.54, 1.807) is 30.1 Å². The molecule has 5 nitrogen and oxygen atoms in total. The van der Waals surface area contributed by atoms with Crippen LogP contribution < -0.4 is 10.2 Å². The van der Waals surface area contributed by atoms with Crippen molar-refractivity contribution in [2.45, 2.75) is 12.5 Å². The quantitative estimate of drug-likeness (QED) is 0.936. The van der Waals surface area contributed by atoms with Crippen molar-refractivity contribution in [3.63, 3.8) is 0 Å². The molecule has 1 N–H and O–H groups in total. The number of nitrogens with zero attached hydrogens (tertiary/aromatic N) is 3. The van der Waals surface area contributed by atoms with Gasteiger partial charge in [-0.15, -0.1) is 0 Å². The number of nitrogens with one attached hydrogen (secondary N) is 1. The molecule has 22 heavy (non-hydrogen) atoms. The SMILES string of the molecule is Cn1nccc1C(=O)NC1CCN(c2ccc(Cl)cc2Cl)C1. The van der Waals surface area contributed by atoms with Crippen LogP contribution in [-0.2, 0) is 7.05 Å². The maximum absolute atomic E-state index is 12.2. The molecule has 1 atom stereocenters. The fourth-order valence-corrected chi connectivity index (χ4v) is 3.22. The number of carbonyl (C=O) groups is 1. The Kier molecular flexibility index (Phi) is 4.27. The molecule has 1 aliphatic heterocycles. The summed E-state index contributed by atoms with van der Waals surface area (Å²) in [6.45, 7) is 1.57. The summed E-state index contributed by atoms with van der Waals surface area (Å²) in [6.07, 6.45) is 2.49. The lowest BCUT2D eigenvalue weighted by Crippen LogP contribution is -2.38. The van der Waals surface area contributed by atoms with Gasteiger partial charge in [0.1, 0.15) is 5.69 Å². The summed E-state index contributed by atoms with van der Waals surface area (Å²) < 4.78 is 1.57. The van der Waals surface area contributed by atoms with Gasteiger partial charge in [-0.3, -0.25) is 9.48 Å². The molecule has 1 amide bonds. The molecule has 1 fully saturated rings. The number of halogens is 2. The maximum atomic E-state index is 12.2. The number of hydrogen-bond acceptors (Lipinski definition) is 3. The van der Waals surface area contributed by atoms with E-state index in [4.69, 9.17) is 23.2 Å². The average Bonchev–Trinajstić information content (AvgIpc) is 3.08. The van der Waals surface area contributed by atoms with Crippen LogP contribution in [0, 0.1) is 0 Å². The van der Waals surface area contributed by atoms with Gasteiger partial charge in [-0.25, -0.2) is 0 Å². The van der Waals surface area contributed by atoms with Gasteiger partial charge in [0.15, 0.2) is 0 Å². The molecule has 116 valence electrons. The molecular formula is C15H16Cl2N4O. The molecule has 0 bridgehead atoms. The van der Waals surface area contributed by atoms with E-state index >= 15 is 0 Å². The number of rotatable bonds is 3. The van der Waals surface area contributed by atoms with Crippen molar-refractivity contribution in [1.29, 1.82) is 0 Å². The summed E-state index contributed by atoms with van der Waals surface area (Å²) in [7, 11) is 1.75. The minimum absolute atomic E-state index is 0.0918. The first kappa shape index (κ1) is 15.2. The van der Waals surface area contributed by atoms with E-state index in [0.717, 1.165) is 25.2 Å². The molecule has 1 saturated heterocycles. The van der Waals surface area contributed by atoms with Crippen LogP contribution in [0.4, 0.5) is 5.69 Å². The van der Waals surface area contributed by atoms with Gasteiger partial charge < -0.3 is 10.2 Å². The molecule has 0 spiro atoms. The van der Waals surface area contributed by atoms with Gasteiger partial charge in [-0.05, 0) is 30.7 Å². The second kappa shape index (κ2) is 6.18. The van der Waals surface area contributed by atoms with Crippen molar-refractivity contribution >= 4 is 34.8 Å². The Labute approximate surface area is 138 Å². The van der Waals surface area contributed by atoms with E-state index < -0.39 is 0 Å². The number of anilines is 1. The van der Waals surface area contributed by atoms with E-state index in [1.165, 1.54) is 0 Å². The first-order valence-corrected chi connectivity index (χ1v) is 7.79. The number of hydrogen-bond donors (Lipinski definition) is 1. The fraction of sp³-hybridized carbons (Fsp3) is 0.333. The van der Waals surface area contributed by atoms with Gasteiger partial charge in [0.2, 0.25) is 0 Å². The minimum atomic E-state index is -0.103. The lowest BCUT2D eigenvalue weighted by molar-refractivity contribution is 0.0931. The van der Waals surface area contributed by atoms with Crippen molar-refractivity contribution in [3.8, 4) is 0 Å². The van der Waals surface area contributed by atoms with E-state index in [1.807, 2.05) is 12.1 Å². The Morgan fingerprint density at radius 3 is 2.86 bits per heavy atom. The second-order valence-electron chi connectivity index (χ2n) is 5.34. The molecule has 1 aromatic heterocycles. The van der Waals surface area contributed by atoms with E-state index in [9.17, 15) is 4.79 Å². The highest BCUT2D eigenvalue weighted by atomic mass is 35.5.